The van der Waals surface area contributed by atoms with Gasteiger partial charge in [-0.05, 0) is 58.7 Å². The summed E-state index contributed by atoms with van der Waals surface area (Å²) in [4.78, 5) is 39.1. The Morgan fingerprint density at radius 1 is 1.12 bits per heavy atom. The molecule has 3 heterocycles. The number of hydrogen-bond acceptors (Lipinski definition) is 7. The highest BCUT2D eigenvalue weighted by Gasteiger charge is 2.34. The van der Waals surface area contributed by atoms with Crippen LogP contribution in [0.4, 0.5) is 16.4 Å². The molecule has 0 radical (unpaired) electrons. The highest BCUT2D eigenvalue weighted by atomic mass is 28.3. The molecule has 1 aliphatic carbocycles. The normalized spacial score (nSPS) is 17.7. The van der Waals surface area contributed by atoms with Gasteiger partial charge in [0, 0.05) is 54.3 Å². The summed E-state index contributed by atoms with van der Waals surface area (Å²) >= 11 is 0. The van der Waals surface area contributed by atoms with Crippen molar-refractivity contribution in [1.29, 1.82) is 0 Å². The van der Waals surface area contributed by atoms with Crippen LogP contribution < -0.4 is 5.32 Å². The number of nitrogens with zero attached hydrogens (tertiary/aromatic N) is 5. The molecule has 1 saturated heterocycles. The first-order chi connectivity index (χ1) is 19.3. The number of rotatable bonds is 4. The molecule has 1 atom stereocenters. The van der Waals surface area contributed by atoms with Gasteiger partial charge < -0.3 is 19.9 Å². The molecule has 5 rings (SSSR count). The largest absolute Gasteiger partial charge is 0.444 e. The number of benzene rings is 1. The Balaban J connectivity index is 1.43. The van der Waals surface area contributed by atoms with Crippen LogP contribution in [-0.2, 0) is 4.74 Å². The van der Waals surface area contributed by atoms with E-state index in [1.54, 1.807) is 9.80 Å². The number of carbonyl (C=O) groups is 2. The lowest BCUT2D eigenvalue weighted by molar-refractivity contribution is 0.00182. The smallest absolute Gasteiger partial charge is 0.410 e. The molecule has 216 valence electrons. The number of aromatic nitrogens is 4. The minimum absolute atomic E-state index is 0.0943. The van der Waals surface area contributed by atoms with Crippen molar-refractivity contribution in [2.45, 2.75) is 77.7 Å². The third kappa shape index (κ3) is 7.06. The highest BCUT2D eigenvalue weighted by molar-refractivity contribution is 6.83. The molecule has 2 aromatic heterocycles. The van der Waals surface area contributed by atoms with Crippen molar-refractivity contribution in [3.63, 3.8) is 0 Å². The Hall–Kier alpha value is -3.91. The average molecular weight is 574 g/mol. The lowest BCUT2D eigenvalue weighted by atomic mass is 10.1. The van der Waals surface area contributed by atoms with Gasteiger partial charge in [0.25, 0.3) is 5.91 Å². The molecule has 1 saturated carbocycles. The maximum absolute atomic E-state index is 13.7. The number of fused-ring (bicyclic) bond motifs is 1. The molecule has 3 aromatic rings. The summed E-state index contributed by atoms with van der Waals surface area (Å²) in [5.41, 5.74) is 5.44. The van der Waals surface area contributed by atoms with Crippen molar-refractivity contribution in [1.82, 2.24) is 30.0 Å². The summed E-state index contributed by atoms with van der Waals surface area (Å²) < 4.78 is 5.55. The zero-order valence-corrected chi connectivity index (χ0v) is 26.0. The van der Waals surface area contributed by atoms with Crippen LogP contribution in [0, 0.1) is 11.5 Å². The molecule has 1 aliphatic heterocycles. The van der Waals surface area contributed by atoms with Gasteiger partial charge in [-0.25, -0.2) is 14.8 Å². The molecule has 1 unspecified atom stereocenters. The van der Waals surface area contributed by atoms with Gasteiger partial charge >= 0.3 is 6.09 Å². The molecule has 10 nitrogen and oxygen atoms in total. The van der Waals surface area contributed by atoms with E-state index in [0.29, 0.717) is 42.7 Å². The number of piperazine rings is 1. The van der Waals surface area contributed by atoms with E-state index >= 15 is 0 Å². The topological polar surface area (TPSA) is 116 Å². The Kier molecular flexibility index (Phi) is 7.55. The van der Waals surface area contributed by atoms with E-state index in [4.69, 9.17) is 9.72 Å². The number of carbonyl (C=O) groups excluding carboxylic acids is 2. The van der Waals surface area contributed by atoms with Crippen molar-refractivity contribution in [3.8, 4) is 11.5 Å². The average Bonchev–Trinajstić information content (AvgIpc) is 3.63. The Morgan fingerprint density at radius 2 is 1.88 bits per heavy atom. The van der Waals surface area contributed by atoms with E-state index in [2.05, 4.69) is 51.6 Å². The van der Waals surface area contributed by atoms with Crippen molar-refractivity contribution in [2.24, 2.45) is 0 Å². The van der Waals surface area contributed by atoms with Gasteiger partial charge in [0.2, 0.25) is 5.82 Å². The molecule has 2 N–H and O–H groups in total. The van der Waals surface area contributed by atoms with E-state index in [-0.39, 0.29) is 23.9 Å². The Morgan fingerprint density at radius 3 is 2.54 bits per heavy atom. The minimum Gasteiger partial charge on any atom is -0.444 e. The monoisotopic (exact) mass is 573 g/mol. The summed E-state index contributed by atoms with van der Waals surface area (Å²) in [7, 11) is -1.56. The highest BCUT2D eigenvalue weighted by Crippen LogP contribution is 2.40. The number of anilines is 2. The molecule has 2 amide bonds. The fourth-order valence-corrected chi connectivity index (χ4v) is 5.18. The van der Waals surface area contributed by atoms with Gasteiger partial charge in [-0.3, -0.25) is 9.89 Å². The second-order valence-corrected chi connectivity index (χ2v) is 17.8. The SMILES string of the molecule is CC1CN(C(=O)c2nc(Nc3cc(C4CC4)[nH]n3)c3cc(C#C[Si](C)(C)C)ccc3n2)CCN1C(=O)OC(C)(C)C. The number of amides is 2. The first-order valence-electron chi connectivity index (χ1n) is 14.2. The van der Waals surface area contributed by atoms with Crippen molar-refractivity contribution >= 4 is 42.6 Å². The van der Waals surface area contributed by atoms with Gasteiger partial charge in [-0.2, -0.15) is 5.10 Å². The zero-order chi connectivity index (χ0) is 29.5. The van der Waals surface area contributed by atoms with Crippen LogP contribution in [-0.4, -0.2) is 81.3 Å². The molecule has 0 bridgehead atoms. The van der Waals surface area contributed by atoms with Crippen molar-refractivity contribution in [2.75, 3.05) is 25.0 Å². The third-order valence-electron chi connectivity index (χ3n) is 6.87. The molecule has 41 heavy (non-hydrogen) atoms. The maximum Gasteiger partial charge on any atom is 0.410 e. The van der Waals surface area contributed by atoms with E-state index in [1.807, 2.05) is 52.0 Å². The Labute approximate surface area is 242 Å². The van der Waals surface area contributed by atoms with Crippen LogP contribution in [0.15, 0.2) is 24.3 Å². The van der Waals surface area contributed by atoms with Crippen molar-refractivity contribution in [3.05, 3.63) is 41.3 Å². The first-order valence-corrected chi connectivity index (χ1v) is 17.7. The van der Waals surface area contributed by atoms with Crippen LogP contribution in [0.25, 0.3) is 10.9 Å². The molecule has 0 spiro atoms. The quantitative estimate of drug-likeness (QED) is 0.322. The van der Waals surface area contributed by atoms with Gasteiger partial charge in [0.1, 0.15) is 19.5 Å². The second-order valence-electron chi connectivity index (χ2n) is 13.0. The van der Waals surface area contributed by atoms with Crippen LogP contribution >= 0.6 is 0 Å². The predicted octanol–water partition coefficient (Wildman–Crippen LogP) is 5.28. The second kappa shape index (κ2) is 10.8. The summed E-state index contributed by atoms with van der Waals surface area (Å²) in [5.74, 6) is 4.79. The lowest BCUT2D eigenvalue weighted by Crippen LogP contribution is -2.56. The van der Waals surface area contributed by atoms with Crippen LogP contribution in [0.5, 0.6) is 0 Å². The number of H-pyrrole nitrogens is 1. The van der Waals surface area contributed by atoms with Crippen molar-refractivity contribution < 1.29 is 14.3 Å². The van der Waals surface area contributed by atoms with Crippen LogP contribution in [0.1, 0.15) is 68.3 Å². The summed E-state index contributed by atoms with van der Waals surface area (Å²) in [6.45, 7) is 15.2. The number of nitrogens with one attached hydrogen (secondary N) is 2. The molecular formula is C30H39N7O3Si. The molecule has 11 heteroatoms. The van der Waals surface area contributed by atoms with Gasteiger partial charge in [-0.1, -0.05) is 25.6 Å². The predicted molar refractivity (Wildman–Crippen MR) is 162 cm³/mol. The van der Waals surface area contributed by atoms with E-state index in [0.717, 1.165) is 29.5 Å². The van der Waals surface area contributed by atoms with E-state index in [1.165, 1.54) is 0 Å². The third-order valence-corrected chi connectivity index (χ3v) is 7.75. The maximum atomic E-state index is 13.7. The molecule has 1 aromatic carbocycles. The lowest BCUT2D eigenvalue weighted by Gasteiger charge is -2.39. The minimum atomic E-state index is -1.56. The zero-order valence-electron chi connectivity index (χ0n) is 25.0. The van der Waals surface area contributed by atoms with Gasteiger partial charge in [0.05, 0.1) is 5.52 Å². The van der Waals surface area contributed by atoms with Gasteiger partial charge in [0.15, 0.2) is 5.82 Å². The molecular weight excluding hydrogens is 534 g/mol. The summed E-state index contributed by atoms with van der Waals surface area (Å²) in [6.07, 6.45) is 1.95. The Bertz CT molecular complexity index is 1540. The molecule has 2 fully saturated rings. The molecule has 2 aliphatic rings. The van der Waals surface area contributed by atoms with Crippen LogP contribution in [0.3, 0.4) is 0 Å². The fourth-order valence-electron chi connectivity index (χ4n) is 4.66. The van der Waals surface area contributed by atoms with Crippen LogP contribution in [0.2, 0.25) is 19.6 Å². The van der Waals surface area contributed by atoms with E-state index < -0.39 is 13.7 Å². The van der Waals surface area contributed by atoms with Gasteiger partial charge in [-0.15, -0.1) is 5.54 Å². The standard InChI is InChI=1S/C30H39N7O3Si/c1-19-18-36(13-14-37(19)29(39)40-30(2,3)4)28(38)27-31-23-11-8-20(12-15-41(5,6)7)16-22(23)26(33-27)32-25-17-24(34-35-25)21-9-10-21/h8,11,16-17,19,21H,9-10,13-14,18H2,1-7H3,(H2,31,32,33,34,35). The summed E-state index contributed by atoms with van der Waals surface area (Å²) in [5, 5.41) is 11.6. The first kappa shape index (κ1) is 28.6. The number of ether oxygens (including phenoxy) is 1. The summed E-state index contributed by atoms with van der Waals surface area (Å²) in [6, 6.07) is 7.57. The number of aromatic amines is 1. The number of hydrogen-bond donors (Lipinski definition) is 2. The van der Waals surface area contributed by atoms with E-state index in [9.17, 15) is 9.59 Å². The fraction of sp³-hybridized carbons (Fsp3) is 0.500.